The summed E-state index contributed by atoms with van der Waals surface area (Å²) in [5.74, 6) is 0.0804. The van der Waals surface area contributed by atoms with Gasteiger partial charge in [-0.3, -0.25) is 9.59 Å². The molecule has 194 valence electrons. The third-order valence-corrected chi connectivity index (χ3v) is 7.37. The number of carbonyl (C=O) groups is 2. The van der Waals surface area contributed by atoms with Crippen LogP contribution in [-0.2, 0) is 9.59 Å². The Balaban J connectivity index is 1.54. The normalized spacial score (nSPS) is 15.5. The fourth-order valence-corrected chi connectivity index (χ4v) is 5.22. The molecule has 4 rings (SSSR count). The summed E-state index contributed by atoms with van der Waals surface area (Å²) in [5, 5.41) is 3.16. The molecular formula is C32H39N3O2. The molecule has 0 aromatic heterocycles. The molecule has 0 saturated carbocycles. The van der Waals surface area contributed by atoms with Gasteiger partial charge in [0.25, 0.3) is 0 Å². The Morgan fingerprint density at radius 3 is 2.27 bits per heavy atom. The van der Waals surface area contributed by atoms with Gasteiger partial charge in [-0.25, -0.2) is 0 Å². The Hall–Kier alpha value is -3.44. The van der Waals surface area contributed by atoms with Crippen molar-refractivity contribution in [2.45, 2.75) is 51.0 Å². The summed E-state index contributed by atoms with van der Waals surface area (Å²) in [6.07, 6.45) is 6.09. The molecule has 0 aliphatic carbocycles. The lowest BCUT2D eigenvalue weighted by Gasteiger charge is -2.31. The van der Waals surface area contributed by atoms with E-state index in [1.54, 1.807) is 4.90 Å². The predicted octanol–water partition coefficient (Wildman–Crippen LogP) is 5.87. The molecule has 1 N–H and O–H groups in total. The molecule has 5 nitrogen and oxygen atoms in total. The summed E-state index contributed by atoms with van der Waals surface area (Å²) < 4.78 is 0. The van der Waals surface area contributed by atoms with Crippen molar-refractivity contribution in [2.75, 3.05) is 31.1 Å². The molecule has 0 spiro atoms. The number of piperidine rings is 1. The summed E-state index contributed by atoms with van der Waals surface area (Å²) in [5.41, 5.74) is 3.92. The van der Waals surface area contributed by atoms with E-state index in [0.29, 0.717) is 13.0 Å². The van der Waals surface area contributed by atoms with E-state index in [0.717, 1.165) is 49.3 Å². The lowest BCUT2D eigenvalue weighted by Crippen LogP contribution is -2.48. The second-order valence-electron chi connectivity index (χ2n) is 10.0. The summed E-state index contributed by atoms with van der Waals surface area (Å²) in [4.78, 5) is 30.4. The number of hydrogen-bond acceptors (Lipinski definition) is 3. The Kier molecular flexibility index (Phi) is 9.89. The molecule has 1 fully saturated rings. The van der Waals surface area contributed by atoms with Gasteiger partial charge in [-0.2, -0.15) is 0 Å². The van der Waals surface area contributed by atoms with Gasteiger partial charge >= 0.3 is 0 Å². The average molecular weight is 498 g/mol. The third-order valence-electron chi connectivity index (χ3n) is 7.37. The highest BCUT2D eigenvalue weighted by Gasteiger charge is 2.28. The quantitative estimate of drug-likeness (QED) is 0.318. The van der Waals surface area contributed by atoms with Gasteiger partial charge in [0.1, 0.15) is 6.04 Å². The fourth-order valence-electron chi connectivity index (χ4n) is 5.22. The van der Waals surface area contributed by atoms with Crippen LogP contribution in [0.3, 0.4) is 0 Å². The van der Waals surface area contributed by atoms with Crippen molar-refractivity contribution >= 4 is 18.0 Å². The number of nitrogens with zero attached hydrogens (tertiary/aromatic N) is 2. The number of hydrogen-bond donors (Lipinski definition) is 1. The maximum absolute atomic E-state index is 13.7. The standard InChI is InChI=1S/C32H39N3O2/c1-26(27-14-5-2-6-15-27)24-33-32(37)31(20-13-23-34-21-11-4-12-22-34)35(25-36)30-19-10-9-18-29(30)28-16-7-3-8-17-28/h2-3,5-10,14-19,25-26,31H,4,11-13,20-24H2,1H3,(H,33,37)/t26?,31-/m0/s1. The summed E-state index contributed by atoms with van der Waals surface area (Å²) >= 11 is 0. The van der Waals surface area contributed by atoms with Crippen LogP contribution in [0.5, 0.6) is 0 Å². The number of anilines is 1. The van der Waals surface area contributed by atoms with Gasteiger partial charge in [-0.15, -0.1) is 0 Å². The van der Waals surface area contributed by atoms with Gasteiger partial charge < -0.3 is 15.1 Å². The number of likely N-dealkylation sites (tertiary alicyclic amines) is 1. The Morgan fingerprint density at radius 2 is 1.57 bits per heavy atom. The SMILES string of the molecule is CC(CNC(=O)[C@H](CCCN1CCCCC1)N(C=O)c1ccccc1-c1ccccc1)c1ccccc1. The van der Waals surface area contributed by atoms with E-state index < -0.39 is 6.04 Å². The van der Waals surface area contributed by atoms with Crippen molar-refractivity contribution in [1.29, 1.82) is 0 Å². The van der Waals surface area contributed by atoms with E-state index >= 15 is 0 Å². The molecule has 1 aliphatic heterocycles. The van der Waals surface area contributed by atoms with Crippen LogP contribution < -0.4 is 10.2 Å². The summed E-state index contributed by atoms with van der Waals surface area (Å²) in [7, 11) is 0. The molecule has 2 amide bonds. The fraction of sp³-hybridized carbons (Fsp3) is 0.375. The number of benzene rings is 3. The molecule has 1 aliphatic rings. The van der Waals surface area contributed by atoms with Crippen LogP contribution in [0, 0.1) is 0 Å². The third kappa shape index (κ3) is 7.30. The molecule has 3 aromatic rings. The second kappa shape index (κ2) is 13.8. The first kappa shape index (κ1) is 26.6. The van der Waals surface area contributed by atoms with Crippen LogP contribution in [0.15, 0.2) is 84.9 Å². The van der Waals surface area contributed by atoms with Gasteiger partial charge in [0.2, 0.25) is 12.3 Å². The minimum atomic E-state index is -0.574. The van der Waals surface area contributed by atoms with Crippen molar-refractivity contribution in [3.8, 4) is 11.1 Å². The molecular weight excluding hydrogens is 458 g/mol. The first-order valence-electron chi connectivity index (χ1n) is 13.6. The van der Waals surface area contributed by atoms with Crippen LogP contribution >= 0.6 is 0 Å². The van der Waals surface area contributed by atoms with Crippen LogP contribution in [0.1, 0.15) is 50.5 Å². The Bertz CT molecular complexity index is 1110. The zero-order valence-corrected chi connectivity index (χ0v) is 21.9. The zero-order chi connectivity index (χ0) is 25.9. The summed E-state index contributed by atoms with van der Waals surface area (Å²) in [6.45, 7) is 5.85. The number of amides is 2. The molecule has 0 radical (unpaired) electrons. The second-order valence-corrected chi connectivity index (χ2v) is 10.0. The van der Waals surface area contributed by atoms with Crippen LogP contribution in [0.4, 0.5) is 5.69 Å². The van der Waals surface area contributed by atoms with E-state index in [1.807, 2.05) is 72.8 Å². The highest BCUT2D eigenvalue weighted by Crippen LogP contribution is 2.32. The van der Waals surface area contributed by atoms with Crippen molar-refractivity contribution < 1.29 is 9.59 Å². The van der Waals surface area contributed by atoms with Gasteiger partial charge in [-0.1, -0.05) is 92.2 Å². The van der Waals surface area contributed by atoms with Crippen molar-refractivity contribution in [2.24, 2.45) is 0 Å². The Labute approximate surface area is 221 Å². The van der Waals surface area contributed by atoms with Crippen molar-refractivity contribution in [3.63, 3.8) is 0 Å². The average Bonchev–Trinajstić information content (AvgIpc) is 2.97. The smallest absolute Gasteiger partial charge is 0.243 e. The maximum Gasteiger partial charge on any atom is 0.243 e. The number of carbonyl (C=O) groups excluding carboxylic acids is 2. The molecule has 1 heterocycles. The Morgan fingerprint density at radius 1 is 0.919 bits per heavy atom. The van der Waals surface area contributed by atoms with Crippen LogP contribution in [0.25, 0.3) is 11.1 Å². The largest absolute Gasteiger partial charge is 0.354 e. The molecule has 2 atom stereocenters. The monoisotopic (exact) mass is 497 g/mol. The van der Waals surface area contributed by atoms with E-state index in [4.69, 9.17) is 0 Å². The number of para-hydroxylation sites is 1. The van der Waals surface area contributed by atoms with Crippen LogP contribution in [-0.4, -0.2) is 49.4 Å². The minimum Gasteiger partial charge on any atom is -0.354 e. The first-order chi connectivity index (χ1) is 18.2. The lowest BCUT2D eigenvalue weighted by atomic mass is 9.99. The number of nitrogens with one attached hydrogen (secondary N) is 1. The van der Waals surface area contributed by atoms with Gasteiger partial charge in [0.05, 0.1) is 5.69 Å². The molecule has 1 saturated heterocycles. The highest BCUT2D eigenvalue weighted by atomic mass is 16.2. The molecule has 1 unspecified atom stereocenters. The van der Waals surface area contributed by atoms with E-state index in [1.165, 1.54) is 24.8 Å². The predicted molar refractivity (Wildman–Crippen MR) is 152 cm³/mol. The molecule has 5 heteroatoms. The minimum absolute atomic E-state index is 0.101. The van der Waals surface area contributed by atoms with Crippen LogP contribution in [0.2, 0.25) is 0 Å². The lowest BCUT2D eigenvalue weighted by molar-refractivity contribution is -0.124. The topological polar surface area (TPSA) is 52.7 Å². The van der Waals surface area contributed by atoms with Gasteiger partial charge in [0, 0.05) is 12.1 Å². The maximum atomic E-state index is 13.7. The van der Waals surface area contributed by atoms with Gasteiger partial charge in [0.15, 0.2) is 0 Å². The molecule has 0 bridgehead atoms. The van der Waals surface area contributed by atoms with E-state index in [2.05, 4.69) is 29.3 Å². The highest BCUT2D eigenvalue weighted by molar-refractivity contribution is 5.95. The van der Waals surface area contributed by atoms with Crippen molar-refractivity contribution in [3.05, 3.63) is 90.5 Å². The molecule has 37 heavy (non-hydrogen) atoms. The summed E-state index contributed by atoms with van der Waals surface area (Å²) in [6, 6.07) is 27.5. The van der Waals surface area contributed by atoms with Gasteiger partial charge in [-0.05, 0) is 68.4 Å². The van der Waals surface area contributed by atoms with Crippen molar-refractivity contribution in [1.82, 2.24) is 10.2 Å². The van der Waals surface area contributed by atoms with E-state index in [-0.39, 0.29) is 11.8 Å². The van der Waals surface area contributed by atoms with E-state index in [9.17, 15) is 9.59 Å². The first-order valence-corrected chi connectivity index (χ1v) is 13.6. The zero-order valence-electron chi connectivity index (χ0n) is 21.9. The number of rotatable bonds is 12. The molecule has 3 aromatic carbocycles.